The third-order valence-corrected chi connectivity index (χ3v) is 3.06. The topological polar surface area (TPSA) is 24.9 Å². The number of rotatable bonds is 4. The molecule has 1 aromatic heterocycles. The Morgan fingerprint density at radius 3 is 2.35 bits per heavy atom. The van der Waals surface area contributed by atoms with Crippen LogP contribution in [0, 0.1) is 11.4 Å². The Morgan fingerprint density at radius 2 is 1.75 bits per heavy atom. The SMILES string of the molecule is CC(C)(C)CC(Nc1cccc(F)n1)c1ccccc1. The van der Waals surface area contributed by atoms with Crippen LogP contribution >= 0.6 is 0 Å². The zero-order valence-electron chi connectivity index (χ0n) is 12.2. The van der Waals surface area contributed by atoms with Crippen molar-refractivity contribution in [3.63, 3.8) is 0 Å². The van der Waals surface area contributed by atoms with Gasteiger partial charge in [0.05, 0.1) is 6.04 Å². The average Bonchev–Trinajstić information content (AvgIpc) is 2.37. The van der Waals surface area contributed by atoms with Gasteiger partial charge in [-0.1, -0.05) is 57.2 Å². The van der Waals surface area contributed by atoms with Gasteiger partial charge in [0.25, 0.3) is 0 Å². The molecule has 0 amide bonds. The van der Waals surface area contributed by atoms with Gasteiger partial charge in [-0.3, -0.25) is 0 Å². The van der Waals surface area contributed by atoms with E-state index in [9.17, 15) is 4.39 Å². The first-order chi connectivity index (χ1) is 9.44. The smallest absolute Gasteiger partial charge is 0.214 e. The highest BCUT2D eigenvalue weighted by atomic mass is 19.1. The fourth-order valence-corrected chi connectivity index (χ4v) is 2.22. The number of nitrogens with one attached hydrogen (secondary N) is 1. The van der Waals surface area contributed by atoms with Crippen molar-refractivity contribution in [1.29, 1.82) is 0 Å². The summed E-state index contributed by atoms with van der Waals surface area (Å²) in [7, 11) is 0. The van der Waals surface area contributed by atoms with Crippen molar-refractivity contribution in [2.24, 2.45) is 5.41 Å². The molecule has 0 aliphatic carbocycles. The van der Waals surface area contributed by atoms with E-state index in [1.165, 1.54) is 11.6 Å². The van der Waals surface area contributed by atoms with Crippen molar-refractivity contribution >= 4 is 5.82 Å². The first-order valence-electron chi connectivity index (χ1n) is 6.88. The maximum atomic E-state index is 13.2. The van der Waals surface area contributed by atoms with Crippen LogP contribution in [0.3, 0.4) is 0 Å². The molecule has 1 atom stereocenters. The fourth-order valence-electron chi connectivity index (χ4n) is 2.22. The van der Waals surface area contributed by atoms with Gasteiger partial charge in [0.15, 0.2) is 0 Å². The van der Waals surface area contributed by atoms with Gasteiger partial charge >= 0.3 is 0 Å². The molecule has 0 saturated heterocycles. The summed E-state index contributed by atoms with van der Waals surface area (Å²) in [4.78, 5) is 3.89. The number of aromatic nitrogens is 1. The summed E-state index contributed by atoms with van der Waals surface area (Å²) in [6.45, 7) is 6.59. The molecule has 2 nitrogen and oxygen atoms in total. The number of hydrogen-bond acceptors (Lipinski definition) is 2. The van der Waals surface area contributed by atoms with Crippen molar-refractivity contribution in [2.75, 3.05) is 5.32 Å². The van der Waals surface area contributed by atoms with Gasteiger partial charge in [-0.15, -0.1) is 0 Å². The summed E-state index contributed by atoms with van der Waals surface area (Å²) >= 11 is 0. The van der Waals surface area contributed by atoms with E-state index in [0.717, 1.165) is 6.42 Å². The molecule has 20 heavy (non-hydrogen) atoms. The number of halogens is 1. The standard InChI is InChI=1S/C17H21FN2/c1-17(2,3)12-14(13-8-5-4-6-9-13)19-16-11-7-10-15(18)20-16/h4-11,14H,12H2,1-3H3,(H,19,20). The van der Waals surface area contributed by atoms with E-state index >= 15 is 0 Å². The Hall–Kier alpha value is -1.90. The lowest BCUT2D eigenvalue weighted by atomic mass is 9.85. The van der Waals surface area contributed by atoms with Crippen LogP contribution in [0.5, 0.6) is 0 Å². The molecule has 0 bridgehead atoms. The molecule has 1 aromatic carbocycles. The predicted molar refractivity (Wildman–Crippen MR) is 81.1 cm³/mol. The molecule has 106 valence electrons. The van der Waals surface area contributed by atoms with Crippen LogP contribution in [-0.2, 0) is 0 Å². The van der Waals surface area contributed by atoms with E-state index in [0.29, 0.717) is 5.82 Å². The lowest BCUT2D eigenvalue weighted by Gasteiger charge is -2.27. The molecule has 0 radical (unpaired) electrons. The highest BCUT2D eigenvalue weighted by molar-refractivity contribution is 5.38. The minimum atomic E-state index is -0.461. The molecule has 3 heteroatoms. The number of benzene rings is 1. The Morgan fingerprint density at radius 1 is 1.05 bits per heavy atom. The molecule has 1 unspecified atom stereocenters. The summed E-state index contributed by atoms with van der Waals surface area (Å²) in [6.07, 6.45) is 0.940. The second kappa shape index (κ2) is 6.04. The molecule has 2 rings (SSSR count). The summed E-state index contributed by atoms with van der Waals surface area (Å²) in [5.74, 6) is 0.112. The zero-order chi connectivity index (χ0) is 14.6. The van der Waals surface area contributed by atoms with Crippen LogP contribution in [0.4, 0.5) is 10.2 Å². The second-order valence-corrected chi connectivity index (χ2v) is 6.22. The van der Waals surface area contributed by atoms with Crippen LogP contribution in [0.15, 0.2) is 48.5 Å². The molecule has 0 spiro atoms. The van der Waals surface area contributed by atoms with Crippen molar-refractivity contribution in [2.45, 2.75) is 33.2 Å². The highest BCUT2D eigenvalue weighted by Gasteiger charge is 2.20. The van der Waals surface area contributed by atoms with E-state index in [1.54, 1.807) is 12.1 Å². The lowest BCUT2D eigenvalue weighted by Crippen LogP contribution is -2.19. The molecule has 2 aromatic rings. The maximum Gasteiger partial charge on any atom is 0.214 e. The first kappa shape index (κ1) is 14.5. The predicted octanol–water partition coefficient (Wildman–Crippen LogP) is 4.81. The fraction of sp³-hybridized carbons (Fsp3) is 0.353. The molecule has 0 fully saturated rings. The summed E-state index contributed by atoms with van der Waals surface area (Å²) in [5.41, 5.74) is 1.36. The third-order valence-electron chi connectivity index (χ3n) is 3.06. The highest BCUT2D eigenvalue weighted by Crippen LogP contribution is 2.31. The quantitative estimate of drug-likeness (QED) is 0.808. The lowest BCUT2D eigenvalue weighted by molar-refractivity contribution is 0.352. The largest absolute Gasteiger partial charge is 0.363 e. The molecular weight excluding hydrogens is 251 g/mol. The maximum absolute atomic E-state index is 13.2. The number of anilines is 1. The molecule has 1 heterocycles. The molecular formula is C17H21FN2. The van der Waals surface area contributed by atoms with E-state index in [1.807, 2.05) is 18.2 Å². The first-order valence-corrected chi connectivity index (χ1v) is 6.88. The van der Waals surface area contributed by atoms with Crippen molar-refractivity contribution in [3.8, 4) is 0 Å². The van der Waals surface area contributed by atoms with Crippen LogP contribution in [-0.4, -0.2) is 4.98 Å². The minimum absolute atomic E-state index is 0.116. The molecule has 0 aliphatic heterocycles. The van der Waals surface area contributed by atoms with Gasteiger partial charge in [-0.05, 0) is 29.5 Å². The summed E-state index contributed by atoms with van der Waals surface area (Å²) in [6, 6.07) is 15.1. The van der Waals surface area contributed by atoms with Gasteiger partial charge in [0, 0.05) is 0 Å². The van der Waals surface area contributed by atoms with Crippen LogP contribution in [0.25, 0.3) is 0 Å². The van der Waals surface area contributed by atoms with Crippen molar-refractivity contribution < 1.29 is 4.39 Å². The molecule has 0 aliphatic rings. The van der Waals surface area contributed by atoms with E-state index < -0.39 is 5.95 Å². The summed E-state index contributed by atoms with van der Waals surface area (Å²) < 4.78 is 13.2. The van der Waals surface area contributed by atoms with Gasteiger partial charge in [-0.25, -0.2) is 4.98 Å². The van der Waals surface area contributed by atoms with E-state index in [2.05, 4.69) is 43.2 Å². The summed E-state index contributed by atoms with van der Waals surface area (Å²) in [5, 5.41) is 3.34. The van der Waals surface area contributed by atoms with E-state index in [4.69, 9.17) is 0 Å². The normalized spacial score (nSPS) is 13.0. The zero-order valence-corrected chi connectivity index (χ0v) is 12.2. The average molecular weight is 272 g/mol. The van der Waals surface area contributed by atoms with Gasteiger partial charge in [0.1, 0.15) is 5.82 Å². The Bertz CT molecular complexity index is 546. The van der Waals surface area contributed by atoms with E-state index in [-0.39, 0.29) is 11.5 Å². The molecule has 1 N–H and O–H groups in total. The second-order valence-electron chi connectivity index (χ2n) is 6.22. The van der Waals surface area contributed by atoms with Crippen molar-refractivity contribution in [3.05, 3.63) is 60.0 Å². The third kappa shape index (κ3) is 4.34. The van der Waals surface area contributed by atoms with Crippen LogP contribution in [0.1, 0.15) is 38.8 Å². The Labute approximate surface area is 120 Å². The van der Waals surface area contributed by atoms with Crippen LogP contribution in [0.2, 0.25) is 0 Å². The minimum Gasteiger partial charge on any atom is -0.363 e. The van der Waals surface area contributed by atoms with Gasteiger partial charge < -0.3 is 5.32 Å². The Balaban J connectivity index is 2.23. The number of nitrogens with zero attached hydrogens (tertiary/aromatic N) is 1. The Kier molecular flexibility index (Phi) is 4.38. The van der Waals surface area contributed by atoms with Crippen LogP contribution < -0.4 is 5.32 Å². The van der Waals surface area contributed by atoms with Crippen molar-refractivity contribution in [1.82, 2.24) is 4.98 Å². The van der Waals surface area contributed by atoms with Gasteiger partial charge in [-0.2, -0.15) is 4.39 Å². The van der Waals surface area contributed by atoms with Gasteiger partial charge in [0.2, 0.25) is 5.95 Å². The molecule has 0 saturated carbocycles. The number of hydrogen-bond donors (Lipinski definition) is 1. The number of pyridine rings is 1. The monoisotopic (exact) mass is 272 g/mol.